The Morgan fingerprint density at radius 3 is 2.54 bits per heavy atom. The zero-order chi connectivity index (χ0) is 18.7. The molecule has 1 amide bonds. The van der Waals surface area contributed by atoms with Crippen LogP contribution in [0.5, 0.6) is 0 Å². The number of amides is 1. The fourth-order valence-corrected chi connectivity index (χ4v) is 2.73. The molecule has 0 radical (unpaired) electrons. The highest BCUT2D eigenvalue weighted by Gasteiger charge is 2.19. The number of hydrogen-bond acceptors (Lipinski definition) is 7. The number of furan rings is 1. The summed E-state index contributed by atoms with van der Waals surface area (Å²) in [5.41, 5.74) is 1.07. The van der Waals surface area contributed by atoms with Crippen molar-refractivity contribution in [2.45, 2.75) is 13.0 Å². The number of hydrogen-bond donors (Lipinski definition) is 2. The minimum Gasteiger partial charge on any atom is -0.459 e. The van der Waals surface area contributed by atoms with Crippen LogP contribution < -0.4 is 10.0 Å². The van der Waals surface area contributed by atoms with E-state index in [0.29, 0.717) is 17.1 Å². The molecule has 0 bridgehead atoms. The monoisotopic (exact) mass is 376 g/mol. The van der Waals surface area contributed by atoms with Gasteiger partial charge in [-0.05, 0) is 43.3 Å². The third kappa shape index (κ3) is 4.28. The molecule has 9 nitrogen and oxygen atoms in total. The highest BCUT2D eigenvalue weighted by Crippen LogP contribution is 2.21. The maximum Gasteiger partial charge on any atom is 0.287 e. The van der Waals surface area contributed by atoms with E-state index >= 15 is 0 Å². The Hall–Kier alpha value is -3.14. The highest BCUT2D eigenvalue weighted by molar-refractivity contribution is 7.92. The number of carbonyl (C=O) groups is 1. The minimum absolute atomic E-state index is 0.186. The summed E-state index contributed by atoms with van der Waals surface area (Å²) in [6, 6.07) is 9.16. The van der Waals surface area contributed by atoms with Crippen molar-refractivity contribution in [1.82, 2.24) is 15.5 Å². The Bertz CT molecular complexity index is 994. The lowest BCUT2D eigenvalue weighted by Gasteiger charge is -2.07. The van der Waals surface area contributed by atoms with Crippen molar-refractivity contribution in [3.63, 3.8) is 0 Å². The van der Waals surface area contributed by atoms with Gasteiger partial charge in [-0.2, -0.15) is 4.98 Å². The second-order valence-corrected chi connectivity index (χ2v) is 7.33. The molecule has 2 heterocycles. The molecule has 2 N–H and O–H groups in total. The van der Waals surface area contributed by atoms with Crippen LogP contribution in [0.1, 0.15) is 29.4 Å². The zero-order valence-corrected chi connectivity index (χ0v) is 14.8. The smallest absolute Gasteiger partial charge is 0.287 e. The van der Waals surface area contributed by atoms with Crippen LogP contribution in [0.25, 0.3) is 11.4 Å². The second-order valence-electron chi connectivity index (χ2n) is 5.58. The Morgan fingerprint density at radius 1 is 1.19 bits per heavy atom. The molecule has 0 unspecified atom stereocenters. The number of rotatable bonds is 6. The van der Waals surface area contributed by atoms with Gasteiger partial charge in [0.05, 0.1) is 12.5 Å². The maximum absolute atomic E-state index is 12.0. The first-order chi connectivity index (χ1) is 12.3. The van der Waals surface area contributed by atoms with Gasteiger partial charge in [0.1, 0.15) is 6.04 Å². The first-order valence-corrected chi connectivity index (χ1v) is 9.47. The fraction of sp³-hybridized carbons (Fsp3) is 0.188. The second kappa shape index (κ2) is 7.00. The summed E-state index contributed by atoms with van der Waals surface area (Å²) in [6.45, 7) is 1.71. The summed E-state index contributed by atoms with van der Waals surface area (Å²) in [5.74, 6) is 0.354. The van der Waals surface area contributed by atoms with Crippen molar-refractivity contribution in [3.8, 4) is 11.4 Å². The van der Waals surface area contributed by atoms with Gasteiger partial charge in [-0.3, -0.25) is 9.52 Å². The van der Waals surface area contributed by atoms with Gasteiger partial charge in [0.2, 0.25) is 21.7 Å². The van der Waals surface area contributed by atoms with Gasteiger partial charge in [-0.1, -0.05) is 5.16 Å². The van der Waals surface area contributed by atoms with Gasteiger partial charge < -0.3 is 14.3 Å². The van der Waals surface area contributed by atoms with Gasteiger partial charge in [0.15, 0.2) is 5.76 Å². The Labute approximate surface area is 149 Å². The molecule has 26 heavy (non-hydrogen) atoms. The fourth-order valence-electron chi connectivity index (χ4n) is 2.17. The quantitative estimate of drug-likeness (QED) is 0.675. The minimum atomic E-state index is -3.34. The van der Waals surface area contributed by atoms with Crippen LogP contribution in [0, 0.1) is 0 Å². The third-order valence-electron chi connectivity index (χ3n) is 3.35. The lowest BCUT2D eigenvalue weighted by molar-refractivity contribution is 0.0904. The summed E-state index contributed by atoms with van der Waals surface area (Å²) in [5, 5.41) is 6.57. The lowest BCUT2D eigenvalue weighted by Crippen LogP contribution is -2.26. The van der Waals surface area contributed by atoms with E-state index in [9.17, 15) is 13.2 Å². The summed E-state index contributed by atoms with van der Waals surface area (Å²) in [4.78, 5) is 16.2. The molecular weight excluding hydrogens is 360 g/mol. The molecule has 0 aliphatic rings. The zero-order valence-electron chi connectivity index (χ0n) is 14.0. The summed E-state index contributed by atoms with van der Waals surface area (Å²) in [6.07, 6.45) is 2.48. The summed E-state index contributed by atoms with van der Waals surface area (Å²) < 4.78 is 35.0. The van der Waals surface area contributed by atoms with Crippen LogP contribution in [0.4, 0.5) is 5.69 Å². The standard InChI is InChI=1S/C16H16N4O5S/c1-10(17-15(21)13-4-3-9-24-13)16-18-14(19-25-16)11-5-7-12(8-6-11)20-26(2,22)23/h3-10,20H,1-2H3,(H,17,21)/t10-/m0/s1. The van der Waals surface area contributed by atoms with Crippen LogP contribution in [-0.4, -0.2) is 30.7 Å². The van der Waals surface area contributed by atoms with Crippen LogP contribution in [-0.2, 0) is 10.0 Å². The Morgan fingerprint density at radius 2 is 1.92 bits per heavy atom. The largest absolute Gasteiger partial charge is 0.459 e. The van der Waals surface area contributed by atoms with Gasteiger partial charge in [-0.25, -0.2) is 8.42 Å². The molecule has 136 valence electrons. The summed E-state index contributed by atoms with van der Waals surface area (Å²) in [7, 11) is -3.34. The molecule has 3 aromatic rings. The van der Waals surface area contributed by atoms with E-state index in [-0.39, 0.29) is 11.7 Å². The van der Waals surface area contributed by atoms with Crippen molar-refractivity contribution >= 4 is 21.6 Å². The Balaban J connectivity index is 1.70. The predicted octanol–water partition coefficient (Wildman–Crippen LogP) is 2.19. The molecule has 0 saturated carbocycles. The molecule has 0 fully saturated rings. The number of carbonyl (C=O) groups excluding carboxylic acids is 1. The van der Waals surface area contributed by atoms with Crippen LogP contribution in [0.15, 0.2) is 51.6 Å². The third-order valence-corrected chi connectivity index (χ3v) is 3.96. The molecule has 0 aliphatic heterocycles. The van der Waals surface area contributed by atoms with Gasteiger partial charge >= 0.3 is 0 Å². The van der Waals surface area contributed by atoms with E-state index in [2.05, 4.69) is 20.2 Å². The van der Waals surface area contributed by atoms with E-state index in [0.717, 1.165) is 6.26 Å². The highest BCUT2D eigenvalue weighted by atomic mass is 32.2. The van der Waals surface area contributed by atoms with Crippen molar-refractivity contribution in [1.29, 1.82) is 0 Å². The number of nitrogens with zero attached hydrogens (tertiary/aromatic N) is 2. The number of anilines is 1. The van der Waals surface area contributed by atoms with Crippen molar-refractivity contribution in [2.75, 3.05) is 11.0 Å². The van der Waals surface area contributed by atoms with Gasteiger partial charge in [0, 0.05) is 11.3 Å². The van der Waals surface area contributed by atoms with Crippen molar-refractivity contribution in [3.05, 3.63) is 54.3 Å². The molecule has 10 heteroatoms. The molecule has 0 aliphatic carbocycles. The van der Waals surface area contributed by atoms with E-state index < -0.39 is 22.0 Å². The number of aromatic nitrogens is 2. The average Bonchev–Trinajstić information content (AvgIpc) is 3.26. The van der Waals surface area contributed by atoms with Crippen molar-refractivity contribution in [2.24, 2.45) is 0 Å². The van der Waals surface area contributed by atoms with E-state index in [4.69, 9.17) is 8.94 Å². The molecular formula is C16H16N4O5S. The number of sulfonamides is 1. The lowest BCUT2D eigenvalue weighted by atomic mass is 10.2. The first kappa shape index (κ1) is 17.7. The summed E-state index contributed by atoms with van der Waals surface area (Å²) >= 11 is 0. The van der Waals surface area contributed by atoms with E-state index in [1.165, 1.54) is 6.26 Å². The number of benzene rings is 1. The van der Waals surface area contributed by atoms with E-state index in [1.54, 1.807) is 43.3 Å². The van der Waals surface area contributed by atoms with Gasteiger partial charge in [-0.15, -0.1) is 0 Å². The van der Waals surface area contributed by atoms with Crippen LogP contribution in [0.3, 0.4) is 0 Å². The predicted molar refractivity (Wildman–Crippen MR) is 92.8 cm³/mol. The SMILES string of the molecule is C[C@H](NC(=O)c1ccco1)c1nc(-c2ccc(NS(C)(=O)=O)cc2)no1. The molecule has 1 aromatic carbocycles. The molecule has 0 spiro atoms. The van der Waals surface area contributed by atoms with Crippen LogP contribution >= 0.6 is 0 Å². The van der Waals surface area contributed by atoms with Crippen LogP contribution in [0.2, 0.25) is 0 Å². The molecule has 2 aromatic heterocycles. The maximum atomic E-state index is 12.0. The number of nitrogens with one attached hydrogen (secondary N) is 2. The van der Waals surface area contributed by atoms with Gasteiger partial charge in [0.25, 0.3) is 5.91 Å². The van der Waals surface area contributed by atoms with E-state index in [1.807, 2.05) is 0 Å². The molecule has 1 atom stereocenters. The topological polar surface area (TPSA) is 127 Å². The van der Waals surface area contributed by atoms with Crippen molar-refractivity contribution < 1.29 is 22.2 Å². The first-order valence-electron chi connectivity index (χ1n) is 7.58. The normalized spacial score (nSPS) is 12.5. The molecule has 0 saturated heterocycles. The molecule has 3 rings (SSSR count). The Kier molecular flexibility index (Phi) is 4.76. The average molecular weight is 376 g/mol.